The Kier molecular flexibility index (Phi) is 5.20. The van der Waals surface area contributed by atoms with E-state index in [4.69, 9.17) is 12.2 Å². The number of carbonyl (C=O) groups is 2. The first-order valence-corrected chi connectivity index (χ1v) is 7.95. The summed E-state index contributed by atoms with van der Waals surface area (Å²) < 4.78 is 0.260. The van der Waals surface area contributed by atoms with E-state index in [2.05, 4.69) is 0 Å². The molecule has 0 bridgehead atoms. The van der Waals surface area contributed by atoms with Crippen LogP contribution >= 0.6 is 24.0 Å². The molecular formula is C15H15NO4S2. The Morgan fingerprint density at radius 2 is 2.05 bits per heavy atom. The molecule has 1 atom stereocenters. The molecule has 116 valence electrons. The highest BCUT2D eigenvalue weighted by molar-refractivity contribution is 8.26. The van der Waals surface area contributed by atoms with Crippen molar-refractivity contribution >= 4 is 46.3 Å². The van der Waals surface area contributed by atoms with Crippen LogP contribution in [0, 0.1) is 0 Å². The summed E-state index contributed by atoms with van der Waals surface area (Å²) >= 11 is 6.26. The van der Waals surface area contributed by atoms with Gasteiger partial charge < -0.3 is 10.2 Å². The van der Waals surface area contributed by atoms with Crippen molar-refractivity contribution in [1.29, 1.82) is 0 Å². The lowest BCUT2D eigenvalue weighted by atomic mass is 10.1. The van der Waals surface area contributed by atoms with E-state index in [0.717, 1.165) is 17.3 Å². The summed E-state index contributed by atoms with van der Waals surface area (Å²) in [5, 5.41) is 18.6. The van der Waals surface area contributed by atoms with Crippen LogP contribution in [0.2, 0.25) is 0 Å². The molecule has 2 rings (SSSR count). The number of carboxylic acids is 1. The number of amides is 1. The van der Waals surface area contributed by atoms with Gasteiger partial charge in [-0.25, -0.2) is 4.79 Å². The number of hydrogen-bond acceptors (Lipinski definition) is 5. The number of aromatic hydroxyl groups is 1. The molecule has 1 amide bonds. The third kappa shape index (κ3) is 3.48. The van der Waals surface area contributed by atoms with Crippen molar-refractivity contribution in [3.05, 3.63) is 34.7 Å². The highest BCUT2D eigenvalue weighted by Crippen LogP contribution is 2.35. The zero-order valence-corrected chi connectivity index (χ0v) is 13.5. The first kappa shape index (κ1) is 16.5. The van der Waals surface area contributed by atoms with Crippen LogP contribution in [0.4, 0.5) is 0 Å². The first-order valence-electron chi connectivity index (χ1n) is 6.73. The number of thioether (sulfide) groups is 1. The molecule has 2 N–H and O–H groups in total. The van der Waals surface area contributed by atoms with E-state index in [1.54, 1.807) is 18.2 Å². The first-order chi connectivity index (χ1) is 10.4. The van der Waals surface area contributed by atoms with Crippen LogP contribution in [0.5, 0.6) is 5.75 Å². The van der Waals surface area contributed by atoms with E-state index >= 15 is 0 Å². The van der Waals surface area contributed by atoms with Gasteiger partial charge in [-0.3, -0.25) is 9.69 Å². The molecular weight excluding hydrogens is 322 g/mol. The average Bonchev–Trinajstić information content (AvgIpc) is 2.73. The Labute approximate surface area is 137 Å². The van der Waals surface area contributed by atoms with Gasteiger partial charge in [0.25, 0.3) is 5.91 Å². The number of carboxylic acid groups (broad SMARTS) is 1. The Bertz CT molecular complexity index is 639. The van der Waals surface area contributed by atoms with Crippen molar-refractivity contribution in [2.75, 3.05) is 0 Å². The van der Waals surface area contributed by atoms with Crippen LogP contribution < -0.4 is 0 Å². The molecule has 1 heterocycles. The second-order valence-corrected chi connectivity index (χ2v) is 6.46. The summed E-state index contributed by atoms with van der Waals surface area (Å²) in [5.41, 5.74) is 0.737. The predicted octanol–water partition coefficient (Wildman–Crippen LogP) is 2.85. The molecule has 1 aliphatic heterocycles. The molecule has 22 heavy (non-hydrogen) atoms. The molecule has 1 aromatic rings. The molecule has 1 saturated heterocycles. The van der Waals surface area contributed by atoms with Gasteiger partial charge in [0.15, 0.2) is 0 Å². The van der Waals surface area contributed by atoms with Crippen molar-refractivity contribution in [2.45, 2.75) is 25.8 Å². The molecule has 0 spiro atoms. The number of aliphatic carboxylic acids is 1. The van der Waals surface area contributed by atoms with Gasteiger partial charge in [-0.05, 0) is 30.2 Å². The maximum atomic E-state index is 12.4. The van der Waals surface area contributed by atoms with E-state index in [0.29, 0.717) is 17.7 Å². The van der Waals surface area contributed by atoms with Crippen molar-refractivity contribution in [3.8, 4) is 5.75 Å². The lowest BCUT2D eigenvalue weighted by Gasteiger charge is -2.22. The van der Waals surface area contributed by atoms with E-state index in [9.17, 15) is 19.8 Å². The van der Waals surface area contributed by atoms with Gasteiger partial charge in [0.1, 0.15) is 16.1 Å². The number of nitrogens with zero attached hydrogens (tertiary/aromatic N) is 1. The van der Waals surface area contributed by atoms with Crippen molar-refractivity contribution in [3.63, 3.8) is 0 Å². The van der Waals surface area contributed by atoms with E-state index < -0.39 is 12.0 Å². The Hall–Kier alpha value is -1.86. The zero-order valence-electron chi connectivity index (χ0n) is 11.9. The second-order valence-electron chi connectivity index (χ2n) is 4.79. The van der Waals surface area contributed by atoms with Crippen LogP contribution in [0.1, 0.15) is 25.3 Å². The van der Waals surface area contributed by atoms with Crippen molar-refractivity contribution < 1.29 is 19.8 Å². The van der Waals surface area contributed by atoms with Crippen LogP contribution in [-0.4, -0.2) is 37.4 Å². The van der Waals surface area contributed by atoms with Gasteiger partial charge in [-0.15, -0.1) is 0 Å². The number of carbonyl (C=O) groups excluding carboxylic acids is 1. The number of thiocarbonyl (C=S) groups is 1. The Balaban J connectivity index is 2.27. The highest BCUT2D eigenvalue weighted by Gasteiger charge is 2.39. The summed E-state index contributed by atoms with van der Waals surface area (Å²) in [6.07, 6.45) is 2.64. The lowest BCUT2D eigenvalue weighted by molar-refractivity contribution is -0.145. The quantitative estimate of drug-likeness (QED) is 0.635. The summed E-state index contributed by atoms with van der Waals surface area (Å²) in [4.78, 5) is 25.4. The molecule has 1 aliphatic rings. The highest BCUT2D eigenvalue weighted by atomic mass is 32.2. The molecule has 5 nitrogen and oxygen atoms in total. The Morgan fingerprint density at radius 1 is 1.41 bits per heavy atom. The molecule has 0 aliphatic carbocycles. The molecule has 1 unspecified atom stereocenters. The number of rotatable bonds is 5. The van der Waals surface area contributed by atoms with Gasteiger partial charge in [0.2, 0.25) is 0 Å². The van der Waals surface area contributed by atoms with Crippen molar-refractivity contribution in [1.82, 2.24) is 4.90 Å². The maximum Gasteiger partial charge on any atom is 0.326 e. The van der Waals surface area contributed by atoms with Crippen molar-refractivity contribution in [2.24, 2.45) is 0 Å². The molecule has 0 saturated carbocycles. The summed E-state index contributed by atoms with van der Waals surface area (Å²) in [7, 11) is 0. The normalized spacial score (nSPS) is 18.0. The number of phenolic OH excluding ortho intramolecular Hbond substituents is 1. The average molecular weight is 337 g/mol. The minimum atomic E-state index is -1.05. The van der Waals surface area contributed by atoms with Gasteiger partial charge in [0, 0.05) is 0 Å². The summed E-state index contributed by atoms with van der Waals surface area (Å²) in [6.45, 7) is 1.86. The molecule has 1 aromatic carbocycles. The molecule has 0 aromatic heterocycles. The van der Waals surface area contributed by atoms with E-state index in [1.807, 2.05) is 6.92 Å². The third-order valence-electron chi connectivity index (χ3n) is 3.17. The smallest absolute Gasteiger partial charge is 0.326 e. The molecule has 0 radical (unpaired) electrons. The van der Waals surface area contributed by atoms with Crippen LogP contribution in [-0.2, 0) is 9.59 Å². The van der Waals surface area contributed by atoms with Gasteiger partial charge >= 0.3 is 5.97 Å². The van der Waals surface area contributed by atoms with Crippen LogP contribution in [0.25, 0.3) is 6.08 Å². The second kappa shape index (κ2) is 6.93. The SMILES string of the molecule is CCCC(C(=O)O)N1C(=O)C(=Cc2ccc(O)cc2)SC1=S. The zero-order chi connectivity index (χ0) is 16.3. The Morgan fingerprint density at radius 3 is 2.59 bits per heavy atom. The standard InChI is InChI=1S/C15H15NO4S2/c1-2-3-11(14(19)20)16-13(18)12(22-15(16)21)8-9-4-6-10(17)7-5-9/h4-8,11,17H,2-3H2,1H3,(H,19,20). The largest absolute Gasteiger partial charge is 0.508 e. The fourth-order valence-corrected chi connectivity index (χ4v) is 3.46. The van der Waals surface area contributed by atoms with E-state index in [1.165, 1.54) is 17.0 Å². The fraction of sp³-hybridized carbons (Fsp3) is 0.267. The lowest BCUT2D eigenvalue weighted by Crippen LogP contribution is -2.43. The molecule has 7 heteroatoms. The predicted molar refractivity (Wildman–Crippen MR) is 89.5 cm³/mol. The van der Waals surface area contributed by atoms with Gasteiger partial charge in [-0.1, -0.05) is 49.5 Å². The van der Waals surface area contributed by atoms with Gasteiger partial charge in [-0.2, -0.15) is 0 Å². The number of hydrogen-bond donors (Lipinski definition) is 2. The topological polar surface area (TPSA) is 77.8 Å². The number of phenols is 1. The van der Waals surface area contributed by atoms with Crippen LogP contribution in [0.15, 0.2) is 29.2 Å². The number of benzene rings is 1. The minimum absolute atomic E-state index is 0.138. The summed E-state index contributed by atoms with van der Waals surface area (Å²) in [6, 6.07) is 5.45. The van der Waals surface area contributed by atoms with E-state index in [-0.39, 0.29) is 16.0 Å². The minimum Gasteiger partial charge on any atom is -0.508 e. The monoisotopic (exact) mass is 337 g/mol. The fourth-order valence-electron chi connectivity index (χ4n) is 2.11. The third-order valence-corrected chi connectivity index (χ3v) is 4.50. The van der Waals surface area contributed by atoms with Crippen LogP contribution in [0.3, 0.4) is 0 Å². The summed E-state index contributed by atoms with van der Waals surface area (Å²) in [5.74, 6) is -1.30. The maximum absolute atomic E-state index is 12.4. The van der Waals surface area contributed by atoms with Gasteiger partial charge in [0.05, 0.1) is 4.91 Å². The molecule has 1 fully saturated rings.